The Morgan fingerprint density at radius 2 is 2.22 bits per heavy atom. The molecule has 1 nitrogen and oxygen atoms in total. The van der Waals surface area contributed by atoms with E-state index in [1.165, 1.54) is 0 Å². The van der Waals surface area contributed by atoms with Gasteiger partial charge in [0.05, 0.1) is 4.47 Å². The number of hydrogen-bond donors (Lipinski definition) is 0. The summed E-state index contributed by atoms with van der Waals surface area (Å²) < 4.78 is 6.20. The maximum absolute atomic E-state index is 5.18. The number of halogens is 1. The monoisotopic (exact) mass is 188 g/mol. The highest BCUT2D eigenvalue weighted by Crippen LogP contribution is 2.20. The van der Waals surface area contributed by atoms with Crippen molar-refractivity contribution in [2.24, 2.45) is 0 Å². The van der Waals surface area contributed by atoms with Gasteiger partial charge in [0.15, 0.2) is 0 Å². The van der Waals surface area contributed by atoms with Gasteiger partial charge in [-0.2, -0.15) is 0 Å². The number of rotatable bonds is 1. The van der Waals surface area contributed by atoms with Crippen molar-refractivity contribution in [3.8, 4) is 0 Å². The van der Waals surface area contributed by atoms with Crippen molar-refractivity contribution in [1.82, 2.24) is 0 Å². The molecule has 0 radical (unpaired) electrons. The molecule has 0 unspecified atom stereocenters. The summed E-state index contributed by atoms with van der Waals surface area (Å²) >= 11 is 3.31. The van der Waals surface area contributed by atoms with Crippen LogP contribution in [-0.4, -0.2) is 0 Å². The van der Waals surface area contributed by atoms with Gasteiger partial charge in [0.1, 0.15) is 12.0 Å². The average Bonchev–Trinajstić information content (AvgIpc) is 2.14. The Hall–Kier alpha value is -0.240. The largest absolute Gasteiger partial charge is 0.468 e. The van der Waals surface area contributed by atoms with Crippen molar-refractivity contribution < 1.29 is 4.42 Å². The molecule has 1 aromatic heterocycles. The van der Waals surface area contributed by atoms with Gasteiger partial charge in [0.25, 0.3) is 0 Å². The first-order valence-electron chi connectivity index (χ1n) is 2.94. The Morgan fingerprint density at radius 3 is 2.44 bits per heavy atom. The van der Waals surface area contributed by atoms with Crippen LogP contribution < -0.4 is 0 Å². The fourth-order valence-electron chi connectivity index (χ4n) is 0.631. The molecule has 0 atom stereocenters. The van der Waals surface area contributed by atoms with Crippen LogP contribution in [0.4, 0.5) is 0 Å². The molecule has 1 heterocycles. The smallest absolute Gasteiger partial charge is 0.107 e. The van der Waals surface area contributed by atoms with E-state index in [4.69, 9.17) is 4.42 Å². The molecule has 0 saturated heterocycles. The maximum atomic E-state index is 5.18. The summed E-state index contributed by atoms with van der Waals surface area (Å²) in [5.74, 6) is 1.51. The van der Waals surface area contributed by atoms with E-state index in [9.17, 15) is 0 Å². The molecule has 0 saturated carbocycles. The third-order valence-corrected chi connectivity index (χ3v) is 1.57. The first-order valence-corrected chi connectivity index (χ1v) is 3.73. The Kier molecular flexibility index (Phi) is 1.96. The zero-order valence-corrected chi connectivity index (χ0v) is 7.10. The molecule has 0 aromatic carbocycles. The molecular weight excluding hydrogens is 180 g/mol. The van der Waals surface area contributed by atoms with Gasteiger partial charge < -0.3 is 4.42 Å². The first-order chi connectivity index (χ1) is 4.20. The van der Waals surface area contributed by atoms with Crippen LogP contribution in [-0.2, 0) is 0 Å². The minimum atomic E-state index is 0.483. The molecule has 0 amide bonds. The van der Waals surface area contributed by atoms with E-state index in [0.717, 1.165) is 10.2 Å². The lowest BCUT2D eigenvalue weighted by Gasteiger charge is -1.94. The summed E-state index contributed by atoms with van der Waals surface area (Å²) in [5, 5.41) is 0. The van der Waals surface area contributed by atoms with E-state index in [2.05, 4.69) is 29.8 Å². The van der Waals surface area contributed by atoms with Gasteiger partial charge in [-0.15, -0.1) is 0 Å². The highest BCUT2D eigenvalue weighted by atomic mass is 79.9. The quantitative estimate of drug-likeness (QED) is 0.661. The summed E-state index contributed by atoms with van der Waals surface area (Å²) in [5.41, 5.74) is 0. The lowest BCUT2D eigenvalue weighted by atomic mass is 10.2. The second kappa shape index (κ2) is 2.56. The summed E-state index contributed by atoms with van der Waals surface area (Å²) in [4.78, 5) is 0. The van der Waals surface area contributed by atoms with Gasteiger partial charge in [-0.25, -0.2) is 0 Å². The molecule has 0 spiro atoms. The molecule has 0 aliphatic rings. The van der Waals surface area contributed by atoms with Crippen molar-refractivity contribution in [1.29, 1.82) is 0 Å². The number of furan rings is 1. The van der Waals surface area contributed by atoms with E-state index < -0.39 is 0 Å². The van der Waals surface area contributed by atoms with Gasteiger partial charge in [0.2, 0.25) is 0 Å². The normalized spacial score (nSPS) is 10.7. The number of hydrogen-bond acceptors (Lipinski definition) is 1. The third kappa shape index (κ3) is 1.58. The van der Waals surface area contributed by atoms with E-state index in [-0.39, 0.29) is 0 Å². The highest BCUT2D eigenvalue weighted by molar-refractivity contribution is 9.10. The van der Waals surface area contributed by atoms with Gasteiger partial charge in [-0.3, -0.25) is 0 Å². The van der Waals surface area contributed by atoms with Crippen LogP contribution in [0.1, 0.15) is 25.5 Å². The van der Waals surface area contributed by atoms with Crippen molar-refractivity contribution >= 4 is 15.9 Å². The van der Waals surface area contributed by atoms with E-state index in [1.807, 2.05) is 6.07 Å². The molecule has 0 fully saturated rings. The zero-order chi connectivity index (χ0) is 6.85. The van der Waals surface area contributed by atoms with Crippen LogP contribution in [0.2, 0.25) is 0 Å². The molecule has 9 heavy (non-hydrogen) atoms. The van der Waals surface area contributed by atoms with E-state index in [1.54, 1.807) is 6.26 Å². The van der Waals surface area contributed by atoms with Gasteiger partial charge >= 0.3 is 0 Å². The van der Waals surface area contributed by atoms with Crippen molar-refractivity contribution in [2.75, 3.05) is 0 Å². The standard InChI is InChI=1S/C7H9BrO/c1-5(2)7-3-6(8)4-9-7/h3-5H,1-2H3. The molecule has 1 rings (SSSR count). The van der Waals surface area contributed by atoms with Gasteiger partial charge in [0, 0.05) is 5.92 Å². The fraction of sp³-hybridized carbons (Fsp3) is 0.429. The summed E-state index contributed by atoms with van der Waals surface area (Å²) in [6.07, 6.45) is 1.70. The van der Waals surface area contributed by atoms with Gasteiger partial charge in [-0.05, 0) is 22.0 Å². The second-order valence-corrected chi connectivity index (χ2v) is 3.24. The molecule has 1 aromatic rings. The maximum Gasteiger partial charge on any atom is 0.107 e. The van der Waals surface area contributed by atoms with Crippen molar-refractivity contribution in [3.05, 3.63) is 22.6 Å². The SMILES string of the molecule is CC(C)c1cc(Br)co1. The fourth-order valence-corrected chi connectivity index (χ4v) is 0.950. The Morgan fingerprint density at radius 1 is 1.56 bits per heavy atom. The summed E-state index contributed by atoms with van der Waals surface area (Å²) in [7, 11) is 0. The summed E-state index contributed by atoms with van der Waals surface area (Å²) in [6, 6.07) is 1.99. The van der Waals surface area contributed by atoms with E-state index in [0.29, 0.717) is 5.92 Å². The third-order valence-electron chi connectivity index (χ3n) is 1.16. The van der Waals surface area contributed by atoms with Crippen molar-refractivity contribution in [2.45, 2.75) is 19.8 Å². The van der Waals surface area contributed by atoms with Crippen LogP contribution in [0.15, 0.2) is 21.2 Å². The molecule has 2 heteroatoms. The van der Waals surface area contributed by atoms with Gasteiger partial charge in [-0.1, -0.05) is 13.8 Å². The highest BCUT2D eigenvalue weighted by Gasteiger charge is 2.02. The van der Waals surface area contributed by atoms with Crippen molar-refractivity contribution in [3.63, 3.8) is 0 Å². The van der Waals surface area contributed by atoms with Crippen LogP contribution in [0.5, 0.6) is 0 Å². The molecule has 0 N–H and O–H groups in total. The van der Waals surface area contributed by atoms with E-state index >= 15 is 0 Å². The molecule has 0 aliphatic carbocycles. The molecular formula is C7H9BrO. The topological polar surface area (TPSA) is 13.1 Å². The lowest BCUT2D eigenvalue weighted by Crippen LogP contribution is -1.79. The molecule has 0 aliphatic heterocycles. The predicted octanol–water partition coefficient (Wildman–Crippen LogP) is 3.17. The second-order valence-electron chi connectivity index (χ2n) is 2.32. The first kappa shape index (κ1) is 6.87. The minimum absolute atomic E-state index is 0.483. The Labute approximate surface area is 63.2 Å². The lowest BCUT2D eigenvalue weighted by molar-refractivity contribution is 0.486. The van der Waals surface area contributed by atoms with Crippen LogP contribution in [0.3, 0.4) is 0 Å². The van der Waals surface area contributed by atoms with Crippen LogP contribution in [0.25, 0.3) is 0 Å². The Balaban J connectivity index is 2.85. The van der Waals surface area contributed by atoms with Crippen LogP contribution in [0, 0.1) is 0 Å². The molecule has 0 bridgehead atoms. The summed E-state index contributed by atoms with van der Waals surface area (Å²) in [6.45, 7) is 4.20. The average molecular weight is 189 g/mol. The predicted molar refractivity (Wildman–Crippen MR) is 40.5 cm³/mol. The van der Waals surface area contributed by atoms with Crippen LogP contribution >= 0.6 is 15.9 Å². The minimum Gasteiger partial charge on any atom is -0.468 e. The Bertz CT molecular complexity index is 191. The molecule has 50 valence electrons. The zero-order valence-electron chi connectivity index (χ0n) is 5.52.